The van der Waals surface area contributed by atoms with Gasteiger partial charge in [-0.25, -0.2) is 0 Å². The lowest BCUT2D eigenvalue weighted by atomic mass is 9.95. The molecule has 1 unspecified atom stereocenters. The summed E-state index contributed by atoms with van der Waals surface area (Å²) >= 11 is 1.26. The number of ether oxygens (including phenoxy) is 3. The SMILES string of the molecule is CC(C)Oc1ccc(C2C(C(=O)c3cccs3)=C(O)C(=O)N2c2ccc3c(c2)OCO3)cc1. The van der Waals surface area contributed by atoms with Crippen molar-refractivity contribution in [1.82, 2.24) is 0 Å². The maximum Gasteiger partial charge on any atom is 0.294 e. The zero-order valence-corrected chi connectivity index (χ0v) is 18.8. The molecule has 2 aliphatic heterocycles. The topological polar surface area (TPSA) is 85.3 Å². The lowest BCUT2D eigenvalue weighted by Gasteiger charge is -2.27. The first-order valence-corrected chi connectivity index (χ1v) is 11.3. The highest BCUT2D eigenvalue weighted by Gasteiger charge is 2.45. The predicted octanol–water partition coefficient (Wildman–Crippen LogP) is 5.05. The molecule has 2 aliphatic rings. The number of carbonyl (C=O) groups is 2. The Labute approximate surface area is 194 Å². The lowest BCUT2D eigenvalue weighted by molar-refractivity contribution is -0.117. The molecule has 3 aromatic rings. The van der Waals surface area contributed by atoms with Crippen LogP contribution in [0.25, 0.3) is 0 Å². The van der Waals surface area contributed by atoms with Crippen LogP contribution in [0.5, 0.6) is 17.2 Å². The fourth-order valence-electron chi connectivity index (χ4n) is 4.00. The average Bonchev–Trinajstić information content (AvgIpc) is 3.54. The number of anilines is 1. The van der Waals surface area contributed by atoms with Gasteiger partial charge in [-0.15, -0.1) is 11.3 Å². The summed E-state index contributed by atoms with van der Waals surface area (Å²) in [5, 5.41) is 12.6. The zero-order chi connectivity index (χ0) is 23.1. The van der Waals surface area contributed by atoms with Crippen LogP contribution in [0.15, 0.2) is 71.3 Å². The standard InChI is InChI=1S/C25H21NO6S/c1-14(2)32-17-8-5-15(6-9-17)22-21(23(27)20-4-3-11-33-20)24(28)25(29)26(22)16-7-10-18-19(12-16)31-13-30-18/h3-12,14,22,28H,13H2,1-2H3. The molecule has 0 aliphatic carbocycles. The van der Waals surface area contributed by atoms with Crippen LogP contribution in [0, 0.1) is 0 Å². The summed E-state index contributed by atoms with van der Waals surface area (Å²) in [6.07, 6.45) is 0.00828. The molecule has 5 rings (SSSR count). The van der Waals surface area contributed by atoms with Crippen LogP contribution in [0.4, 0.5) is 5.69 Å². The first-order valence-electron chi connectivity index (χ1n) is 10.4. The highest BCUT2D eigenvalue weighted by Crippen LogP contribution is 2.45. The Morgan fingerprint density at radius 3 is 2.58 bits per heavy atom. The number of amides is 1. The minimum Gasteiger partial charge on any atom is -0.503 e. The molecule has 0 saturated carbocycles. The summed E-state index contributed by atoms with van der Waals surface area (Å²) in [6, 6.07) is 14.9. The van der Waals surface area contributed by atoms with Crippen LogP contribution in [0.3, 0.4) is 0 Å². The van der Waals surface area contributed by atoms with Gasteiger partial charge in [-0.1, -0.05) is 18.2 Å². The van der Waals surface area contributed by atoms with Gasteiger partial charge in [-0.2, -0.15) is 0 Å². The van der Waals surface area contributed by atoms with E-state index in [1.54, 1.807) is 60.0 Å². The van der Waals surface area contributed by atoms with Crippen molar-refractivity contribution in [3.8, 4) is 17.2 Å². The minimum absolute atomic E-state index is 0.00828. The van der Waals surface area contributed by atoms with Crippen molar-refractivity contribution in [2.24, 2.45) is 0 Å². The van der Waals surface area contributed by atoms with E-state index in [1.165, 1.54) is 16.2 Å². The molecule has 168 valence electrons. The van der Waals surface area contributed by atoms with E-state index < -0.39 is 17.7 Å². The van der Waals surface area contributed by atoms with Crippen molar-refractivity contribution in [3.05, 3.63) is 81.8 Å². The van der Waals surface area contributed by atoms with E-state index in [0.717, 1.165) is 0 Å². The van der Waals surface area contributed by atoms with Gasteiger partial charge in [-0.3, -0.25) is 14.5 Å². The second-order valence-corrected chi connectivity index (χ2v) is 8.87. The maximum absolute atomic E-state index is 13.4. The van der Waals surface area contributed by atoms with Crippen LogP contribution in [-0.4, -0.2) is 29.7 Å². The quantitative estimate of drug-likeness (QED) is 0.515. The van der Waals surface area contributed by atoms with Crippen LogP contribution >= 0.6 is 11.3 Å². The lowest BCUT2D eigenvalue weighted by Crippen LogP contribution is -2.31. The van der Waals surface area contributed by atoms with E-state index >= 15 is 0 Å². The fraction of sp³-hybridized carbons (Fsp3) is 0.200. The molecule has 0 bridgehead atoms. The fourth-order valence-corrected chi connectivity index (χ4v) is 4.67. The Bertz CT molecular complexity index is 1250. The zero-order valence-electron chi connectivity index (χ0n) is 18.0. The van der Waals surface area contributed by atoms with Crippen molar-refractivity contribution in [1.29, 1.82) is 0 Å². The van der Waals surface area contributed by atoms with Gasteiger partial charge in [0.2, 0.25) is 12.6 Å². The van der Waals surface area contributed by atoms with Gasteiger partial charge in [0.05, 0.1) is 22.6 Å². The molecule has 3 heterocycles. The number of aliphatic hydroxyl groups excluding tert-OH is 1. The van der Waals surface area contributed by atoms with Crippen LogP contribution < -0.4 is 19.1 Å². The molecule has 2 aromatic carbocycles. The summed E-state index contributed by atoms with van der Waals surface area (Å²) in [7, 11) is 0. The number of benzene rings is 2. The number of ketones is 1. The molecular weight excluding hydrogens is 442 g/mol. The smallest absolute Gasteiger partial charge is 0.294 e. The van der Waals surface area contributed by atoms with Crippen molar-refractivity contribution in [3.63, 3.8) is 0 Å². The van der Waals surface area contributed by atoms with Gasteiger partial charge in [0.15, 0.2) is 17.3 Å². The second kappa shape index (κ2) is 8.29. The summed E-state index contributed by atoms with van der Waals surface area (Å²) in [4.78, 5) is 28.5. The van der Waals surface area contributed by atoms with E-state index in [0.29, 0.717) is 33.4 Å². The average molecular weight is 464 g/mol. The van der Waals surface area contributed by atoms with E-state index in [4.69, 9.17) is 14.2 Å². The normalized spacial score (nSPS) is 17.2. The number of carbonyl (C=O) groups excluding carboxylic acids is 2. The first kappa shape index (κ1) is 21.1. The van der Waals surface area contributed by atoms with Crippen molar-refractivity contribution in [2.75, 3.05) is 11.7 Å². The summed E-state index contributed by atoms with van der Waals surface area (Å²) in [5.74, 6) is 0.153. The van der Waals surface area contributed by atoms with E-state index in [2.05, 4.69) is 0 Å². The van der Waals surface area contributed by atoms with Crippen molar-refractivity contribution in [2.45, 2.75) is 26.0 Å². The molecule has 0 fully saturated rings. The van der Waals surface area contributed by atoms with E-state index in [9.17, 15) is 14.7 Å². The van der Waals surface area contributed by atoms with Gasteiger partial charge in [-0.05, 0) is 55.1 Å². The van der Waals surface area contributed by atoms with Crippen LogP contribution in [0.2, 0.25) is 0 Å². The molecule has 0 radical (unpaired) electrons. The van der Waals surface area contributed by atoms with E-state index in [1.807, 2.05) is 13.8 Å². The van der Waals surface area contributed by atoms with Gasteiger partial charge >= 0.3 is 0 Å². The highest BCUT2D eigenvalue weighted by atomic mass is 32.1. The Kier molecular flexibility index (Phi) is 5.30. The van der Waals surface area contributed by atoms with E-state index in [-0.39, 0.29) is 24.3 Å². The van der Waals surface area contributed by atoms with Gasteiger partial charge < -0.3 is 19.3 Å². The van der Waals surface area contributed by atoms with Gasteiger partial charge in [0.25, 0.3) is 5.91 Å². The third-order valence-electron chi connectivity index (χ3n) is 5.40. The Balaban J connectivity index is 1.61. The van der Waals surface area contributed by atoms with Crippen LogP contribution in [-0.2, 0) is 4.79 Å². The molecule has 1 aromatic heterocycles. The maximum atomic E-state index is 13.4. The Morgan fingerprint density at radius 1 is 1.12 bits per heavy atom. The number of Topliss-reactive ketones (excluding diaryl/α,β-unsaturated/α-hetero) is 1. The molecule has 8 heteroatoms. The number of nitrogens with zero attached hydrogens (tertiary/aromatic N) is 1. The monoisotopic (exact) mass is 463 g/mol. The number of rotatable bonds is 6. The summed E-state index contributed by atoms with van der Waals surface area (Å²) in [6.45, 7) is 3.96. The summed E-state index contributed by atoms with van der Waals surface area (Å²) in [5.41, 5.74) is 1.19. The van der Waals surface area contributed by atoms with Crippen molar-refractivity contribution >= 4 is 28.7 Å². The molecule has 0 spiro atoms. The predicted molar refractivity (Wildman–Crippen MR) is 123 cm³/mol. The number of hydrogen-bond donors (Lipinski definition) is 1. The second-order valence-electron chi connectivity index (χ2n) is 7.92. The third-order valence-corrected chi connectivity index (χ3v) is 6.27. The van der Waals surface area contributed by atoms with Gasteiger partial charge in [0.1, 0.15) is 5.75 Å². The van der Waals surface area contributed by atoms with Gasteiger partial charge in [0, 0.05) is 11.8 Å². The molecule has 1 amide bonds. The molecule has 0 saturated heterocycles. The number of thiophene rings is 1. The Morgan fingerprint density at radius 2 is 1.88 bits per heavy atom. The first-order chi connectivity index (χ1) is 15.9. The molecule has 1 atom stereocenters. The van der Waals surface area contributed by atoms with Crippen molar-refractivity contribution < 1.29 is 28.9 Å². The molecular formula is C25H21NO6S. The third kappa shape index (κ3) is 3.72. The van der Waals surface area contributed by atoms with Crippen LogP contribution in [0.1, 0.15) is 35.1 Å². The molecule has 33 heavy (non-hydrogen) atoms. The largest absolute Gasteiger partial charge is 0.503 e. The number of fused-ring (bicyclic) bond motifs is 1. The molecule has 1 N–H and O–H groups in total. The highest BCUT2D eigenvalue weighted by molar-refractivity contribution is 7.12. The minimum atomic E-state index is -0.819. The number of hydrogen-bond acceptors (Lipinski definition) is 7. The number of aliphatic hydroxyl groups is 1. The summed E-state index contributed by atoms with van der Waals surface area (Å²) < 4.78 is 16.6. The molecule has 7 nitrogen and oxygen atoms in total. The Hall–Kier alpha value is -3.78.